The second-order valence-electron chi connectivity index (χ2n) is 5.12. The Morgan fingerprint density at radius 2 is 1.52 bits per heavy atom. The smallest absolute Gasteiger partial charge is 0.331 e. The van der Waals surface area contributed by atoms with Gasteiger partial charge in [-0.1, -0.05) is 0 Å². The maximum absolute atomic E-state index is 11.4. The van der Waals surface area contributed by atoms with Gasteiger partial charge in [0.2, 0.25) is 0 Å². The molecule has 2 N–H and O–H groups in total. The molecule has 0 fully saturated rings. The summed E-state index contributed by atoms with van der Waals surface area (Å²) in [6.45, 7) is 8.80. The first-order valence-electron chi connectivity index (χ1n) is 6.83. The van der Waals surface area contributed by atoms with Gasteiger partial charge in [-0.15, -0.1) is 0 Å². The number of rotatable bonds is 7. The van der Waals surface area contributed by atoms with E-state index in [4.69, 9.17) is 9.47 Å². The van der Waals surface area contributed by atoms with Crippen molar-refractivity contribution in [3.63, 3.8) is 0 Å². The third kappa shape index (κ3) is 11.5. The van der Waals surface area contributed by atoms with Gasteiger partial charge in [-0.05, 0) is 34.6 Å². The fraction of sp³-hybridized carbons (Fsp3) is 0.643. The molecule has 0 rings (SSSR count). The number of carbonyl (C=O) groups is 3. The largest absolute Gasteiger partial charge is 0.460 e. The Morgan fingerprint density at radius 1 is 0.952 bits per heavy atom. The van der Waals surface area contributed by atoms with Crippen LogP contribution in [0.15, 0.2) is 12.2 Å². The van der Waals surface area contributed by atoms with Gasteiger partial charge in [-0.2, -0.15) is 0 Å². The number of ether oxygens (including phenoxy) is 2. The summed E-state index contributed by atoms with van der Waals surface area (Å²) in [5, 5.41) is 5.27. The molecule has 120 valence electrons. The van der Waals surface area contributed by atoms with Crippen LogP contribution in [0.3, 0.4) is 0 Å². The van der Waals surface area contributed by atoms with Crippen molar-refractivity contribution in [2.24, 2.45) is 0 Å². The van der Waals surface area contributed by atoms with Crippen molar-refractivity contribution in [2.75, 3.05) is 6.61 Å². The minimum atomic E-state index is -0.673. The van der Waals surface area contributed by atoms with Crippen LogP contribution in [-0.2, 0) is 19.1 Å². The maximum atomic E-state index is 11.4. The van der Waals surface area contributed by atoms with Gasteiger partial charge in [0.25, 0.3) is 0 Å². The second-order valence-corrected chi connectivity index (χ2v) is 5.12. The highest BCUT2D eigenvalue weighted by molar-refractivity contribution is 5.91. The summed E-state index contributed by atoms with van der Waals surface area (Å²) in [5.41, 5.74) is 0. The summed E-state index contributed by atoms with van der Waals surface area (Å²) in [7, 11) is 0. The number of esters is 2. The average Bonchev–Trinajstić information content (AvgIpc) is 2.31. The number of carbonyl (C=O) groups excluding carboxylic acids is 3. The SMILES string of the molecule is CC(C)NC(=O)N[C@@H](C)COC(=O)/C=C/C(=O)OC(C)C. The first kappa shape index (κ1) is 18.9. The minimum Gasteiger partial charge on any atom is -0.460 e. The van der Waals surface area contributed by atoms with Gasteiger partial charge in [0.1, 0.15) is 6.61 Å². The van der Waals surface area contributed by atoms with E-state index >= 15 is 0 Å². The van der Waals surface area contributed by atoms with E-state index in [0.717, 1.165) is 12.2 Å². The Hall–Kier alpha value is -2.05. The van der Waals surface area contributed by atoms with Crippen LogP contribution in [0.1, 0.15) is 34.6 Å². The third-order valence-electron chi connectivity index (χ3n) is 1.98. The van der Waals surface area contributed by atoms with Gasteiger partial charge in [-0.25, -0.2) is 14.4 Å². The Morgan fingerprint density at radius 3 is 2.05 bits per heavy atom. The maximum Gasteiger partial charge on any atom is 0.331 e. The average molecular weight is 300 g/mol. The summed E-state index contributed by atoms with van der Waals surface area (Å²) < 4.78 is 9.71. The Labute approximate surface area is 125 Å². The molecule has 0 aromatic heterocycles. The normalized spacial score (nSPS) is 12.3. The molecule has 0 aliphatic rings. The topological polar surface area (TPSA) is 93.7 Å². The van der Waals surface area contributed by atoms with Gasteiger partial charge >= 0.3 is 18.0 Å². The highest BCUT2D eigenvalue weighted by Gasteiger charge is 2.10. The van der Waals surface area contributed by atoms with E-state index in [1.165, 1.54) is 0 Å². The molecule has 0 saturated carbocycles. The second kappa shape index (κ2) is 9.79. The monoisotopic (exact) mass is 300 g/mol. The molecule has 2 amide bonds. The minimum absolute atomic E-state index is 0.00785. The first-order valence-corrected chi connectivity index (χ1v) is 6.83. The standard InChI is InChI=1S/C14H24N2O5/c1-9(2)15-14(19)16-11(5)8-20-12(17)6-7-13(18)21-10(3)4/h6-7,9-11H,8H2,1-5H3,(H2,15,16,19)/b7-6+/t11-/m0/s1. The number of amides is 2. The van der Waals surface area contributed by atoms with Crippen LogP contribution in [0.25, 0.3) is 0 Å². The molecule has 1 atom stereocenters. The zero-order valence-corrected chi connectivity index (χ0v) is 13.1. The van der Waals surface area contributed by atoms with Gasteiger partial charge in [-0.3, -0.25) is 0 Å². The predicted molar refractivity (Wildman–Crippen MR) is 77.6 cm³/mol. The van der Waals surface area contributed by atoms with E-state index in [0.29, 0.717) is 0 Å². The third-order valence-corrected chi connectivity index (χ3v) is 1.98. The van der Waals surface area contributed by atoms with Gasteiger partial charge in [0, 0.05) is 18.2 Å². The van der Waals surface area contributed by atoms with Crippen LogP contribution in [0, 0.1) is 0 Å². The van der Waals surface area contributed by atoms with Crippen molar-refractivity contribution in [3.05, 3.63) is 12.2 Å². The summed E-state index contributed by atoms with van der Waals surface area (Å²) in [6, 6.07) is -0.650. The molecule has 0 spiro atoms. The van der Waals surface area contributed by atoms with Crippen LogP contribution in [-0.4, -0.2) is 42.8 Å². The van der Waals surface area contributed by atoms with Crippen molar-refractivity contribution in [1.82, 2.24) is 10.6 Å². The Bertz CT molecular complexity index is 391. The van der Waals surface area contributed by atoms with Crippen LogP contribution < -0.4 is 10.6 Å². The van der Waals surface area contributed by atoms with Crippen molar-refractivity contribution in [3.8, 4) is 0 Å². The molecular formula is C14H24N2O5. The fourth-order valence-corrected chi connectivity index (χ4v) is 1.23. The van der Waals surface area contributed by atoms with Crippen molar-refractivity contribution < 1.29 is 23.9 Å². The summed E-state index contributed by atoms with van der Waals surface area (Å²) in [6.07, 6.45) is 1.75. The van der Waals surface area contributed by atoms with E-state index in [9.17, 15) is 14.4 Å². The highest BCUT2D eigenvalue weighted by Crippen LogP contribution is 1.92. The zero-order chi connectivity index (χ0) is 16.4. The van der Waals surface area contributed by atoms with Gasteiger partial charge in [0.15, 0.2) is 0 Å². The number of nitrogens with one attached hydrogen (secondary N) is 2. The molecule has 0 aromatic carbocycles. The molecule has 7 heteroatoms. The molecule has 7 nitrogen and oxygen atoms in total. The quantitative estimate of drug-likeness (QED) is 0.543. The molecule has 0 aliphatic heterocycles. The molecule has 0 radical (unpaired) electrons. The van der Waals surface area contributed by atoms with E-state index in [-0.39, 0.29) is 30.8 Å². The number of hydrogen-bond donors (Lipinski definition) is 2. The Balaban J connectivity index is 3.99. The predicted octanol–water partition coefficient (Wildman–Crippen LogP) is 1.13. The van der Waals surface area contributed by atoms with Crippen LogP contribution >= 0.6 is 0 Å². The van der Waals surface area contributed by atoms with Gasteiger partial charge < -0.3 is 20.1 Å². The van der Waals surface area contributed by atoms with E-state index in [1.54, 1.807) is 20.8 Å². The van der Waals surface area contributed by atoms with Crippen molar-refractivity contribution >= 4 is 18.0 Å². The van der Waals surface area contributed by atoms with E-state index in [1.807, 2.05) is 13.8 Å². The highest BCUT2D eigenvalue weighted by atomic mass is 16.5. The van der Waals surface area contributed by atoms with Crippen LogP contribution in [0.2, 0.25) is 0 Å². The fourth-order valence-electron chi connectivity index (χ4n) is 1.23. The van der Waals surface area contributed by atoms with Crippen LogP contribution in [0.5, 0.6) is 0 Å². The molecule has 0 unspecified atom stereocenters. The number of urea groups is 1. The van der Waals surface area contributed by atoms with Crippen molar-refractivity contribution in [2.45, 2.75) is 52.8 Å². The molecular weight excluding hydrogens is 276 g/mol. The lowest BCUT2D eigenvalue weighted by atomic mass is 10.3. The molecule has 0 saturated heterocycles. The molecule has 0 heterocycles. The van der Waals surface area contributed by atoms with E-state index < -0.39 is 11.9 Å². The lowest BCUT2D eigenvalue weighted by Gasteiger charge is -2.15. The van der Waals surface area contributed by atoms with Crippen LogP contribution in [0.4, 0.5) is 4.79 Å². The van der Waals surface area contributed by atoms with E-state index in [2.05, 4.69) is 10.6 Å². The molecule has 0 bridgehead atoms. The molecule has 21 heavy (non-hydrogen) atoms. The molecule has 0 aliphatic carbocycles. The first-order chi connectivity index (χ1) is 9.70. The van der Waals surface area contributed by atoms with Crippen molar-refractivity contribution in [1.29, 1.82) is 0 Å². The zero-order valence-electron chi connectivity index (χ0n) is 13.1. The number of hydrogen-bond acceptors (Lipinski definition) is 5. The molecule has 0 aromatic rings. The Kier molecular flexibility index (Phi) is 8.84. The van der Waals surface area contributed by atoms with Gasteiger partial charge in [0.05, 0.1) is 12.1 Å². The summed E-state index contributed by atoms with van der Waals surface area (Å²) in [4.78, 5) is 33.9. The summed E-state index contributed by atoms with van der Waals surface area (Å²) in [5.74, 6) is -1.28. The lowest BCUT2D eigenvalue weighted by Crippen LogP contribution is -2.45. The lowest BCUT2D eigenvalue weighted by molar-refractivity contribution is -0.143. The summed E-state index contributed by atoms with van der Waals surface area (Å²) >= 11 is 0.